The highest BCUT2D eigenvalue weighted by atomic mass is 35.5. The number of halogens is 1. The number of likely N-dealkylation sites (tertiary alicyclic amines) is 1. The molecule has 13 heavy (non-hydrogen) atoms. The summed E-state index contributed by atoms with van der Waals surface area (Å²) in [5.41, 5.74) is 0. The average Bonchev–Trinajstić information content (AvgIpc) is 2.13. The van der Waals surface area contributed by atoms with Gasteiger partial charge < -0.3 is 10.0 Å². The number of carbonyl (C=O) groups excluding carboxylic acids is 1. The molecule has 1 aliphatic rings. The van der Waals surface area contributed by atoms with E-state index in [2.05, 4.69) is 0 Å². The van der Waals surface area contributed by atoms with Crippen LogP contribution in [-0.2, 0) is 4.79 Å². The minimum Gasteiger partial charge on any atom is -0.390 e. The van der Waals surface area contributed by atoms with Crippen molar-refractivity contribution in [2.24, 2.45) is 5.92 Å². The molecule has 2 unspecified atom stereocenters. The van der Waals surface area contributed by atoms with Crippen molar-refractivity contribution in [3.8, 4) is 0 Å². The van der Waals surface area contributed by atoms with E-state index in [1.54, 1.807) is 4.90 Å². The number of amides is 1. The van der Waals surface area contributed by atoms with E-state index >= 15 is 0 Å². The van der Waals surface area contributed by atoms with Crippen molar-refractivity contribution in [1.29, 1.82) is 0 Å². The lowest BCUT2D eigenvalue weighted by Crippen LogP contribution is -2.44. The van der Waals surface area contributed by atoms with E-state index in [1.807, 2.05) is 6.92 Å². The molecule has 1 fully saturated rings. The summed E-state index contributed by atoms with van der Waals surface area (Å²) in [5, 5.41) is 9.29. The molecule has 1 rings (SSSR count). The van der Waals surface area contributed by atoms with Crippen LogP contribution in [0.4, 0.5) is 0 Å². The Balaban J connectivity index is 2.44. The van der Waals surface area contributed by atoms with Gasteiger partial charge in [-0.2, -0.15) is 0 Å². The van der Waals surface area contributed by atoms with E-state index in [4.69, 9.17) is 11.6 Å². The third kappa shape index (κ3) is 2.85. The fraction of sp³-hybridized carbons (Fsp3) is 0.889. The Morgan fingerprint density at radius 1 is 1.77 bits per heavy atom. The quantitative estimate of drug-likeness (QED) is 0.694. The van der Waals surface area contributed by atoms with Crippen molar-refractivity contribution in [3.63, 3.8) is 0 Å². The molecule has 0 aromatic rings. The Hall–Kier alpha value is -0.280. The summed E-state index contributed by atoms with van der Waals surface area (Å²) in [4.78, 5) is 13.3. The highest BCUT2D eigenvalue weighted by Gasteiger charge is 2.26. The van der Waals surface area contributed by atoms with Crippen LogP contribution in [0.5, 0.6) is 0 Å². The molecule has 0 aromatic heterocycles. The highest BCUT2D eigenvalue weighted by molar-refractivity contribution is 6.18. The number of nitrogens with zero attached hydrogens (tertiary/aromatic N) is 1. The van der Waals surface area contributed by atoms with E-state index < -0.39 is 6.10 Å². The molecule has 0 aliphatic carbocycles. The summed E-state index contributed by atoms with van der Waals surface area (Å²) in [6.45, 7) is 3.07. The lowest BCUT2D eigenvalue weighted by atomic mass is 9.99. The van der Waals surface area contributed by atoms with Crippen molar-refractivity contribution in [2.45, 2.75) is 25.9 Å². The Bertz CT molecular complexity index is 186. The fourth-order valence-electron chi connectivity index (χ4n) is 1.62. The van der Waals surface area contributed by atoms with Crippen LogP contribution >= 0.6 is 11.6 Å². The van der Waals surface area contributed by atoms with Crippen LogP contribution in [-0.4, -0.2) is 41.0 Å². The van der Waals surface area contributed by atoms with Crippen molar-refractivity contribution in [2.75, 3.05) is 19.0 Å². The van der Waals surface area contributed by atoms with Gasteiger partial charge in [-0.05, 0) is 12.8 Å². The summed E-state index contributed by atoms with van der Waals surface area (Å²) in [7, 11) is 0. The van der Waals surface area contributed by atoms with Crippen LogP contribution in [0.1, 0.15) is 19.8 Å². The molecule has 0 aromatic carbocycles. The topological polar surface area (TPSA) is 40.5 Å². The number of aliphatic hydroxyl groups is 1. The number of hydrogen-bond donors (Lipinski definition) is 1. The van der Waals surface area contributed by atoms with Gasteiger partial charge in [-0.3, -0.25) is 4.79 Å². The zero-order valence-electron chi connectivity index (χ0n) is 7.87. The lowest BCUT2D eigenvalue weighted by molar-refractivity contribution is -0.139. The average molecular weight is 206 g/mol. The van der Waals surface area contributed by atoms with Crippen LogP contribution in [0, 0.1) is 5.92 Å². The number of aliphatic hydroxyl groups excluding tert-OH is 1. The predicted molar refractivity (Wildman–Crippen MR) is 51.7 cm³/mol. The standard InChI is InChI=1S/C9H16ClNO2/c1-7-3-2-4-11(9(7)13)6-8(12)5-10/h7-8,12H,2-6H2,1H3. The summed E-state index contributed by atoms with van der Waals surface area (Å²) in [5.74, 6) is 0.449. The van der Waals surface area contributed by atoms with Gasteiger partial charge in [0.15, 0.2) is 0 Å². The zero-order valence-corrected chi connectivity index (χ0v) is 8.63. The van der Waals surface area contributed by atoms with Gasteiger partial charge in [0.2, 0.25) is 5.91 Å². The molecule has 0 bridgehead atoms. The van der Waals surface area contributed by atoms with Crippen molar-refractivity contribution >= 4 is 17.5 Å². The van der Waals surface area contributed by atoms with Crippen LogP contribution in [0.2, 0.25) is 0 Å². The van der Waals surface area contributed by atoms with Crippen molar-refractivity contribution < 1.29 is 9.90 Å². The summed E-state index contributed by atoms with van der Waals surface area (Å²) >= 11 is 5.47. The van der Waals surface area contributed by atoms with Gasteiger partial charge >= 0.3 is 0 Å². The minimum atomic E-state index is -0.587. The SMILES string of the molecule is CC1CCCN(CC(O)CCl)C1=O. The number of hydrogen-bond acceptors (Lipinski definition) is 2. The van der Waals surface area contributed by atoms with Crippen molar-refractivity contribution in [3.05, 3.63) is 0 Å². The number of piperidine rings is 1. The second-order valence-electron chi connectivity index (χ2n) is 3.64. The maximum Gasteiger partial charge on any atom is 0.225 e. The van der Waals surface area contributed by atoms with Gasteiger partial charge in [-0.15, -0.1) is 11.6 Å². The van der Waals surface area contributed by atoms with Crippen molar-refractivity contribution in [1.82, 2.24) is 4.90 Å². The Morgan fingerprint density at radius 2 is 2.46 bits per heavy atom. The van der Waals surface area contributed by atoms with Gasteiger partial charge in [0.05, 0.1) is 12.0 Å². The van der Waals surface area contributed by atoms with Crippen LogP contribution in [0.3, 0.4) is 0 Å². The molecule has 1 aliphatic heterocycles. The molecule has 1 saturated heterocycles. The monoisotopic (exact) mass is 205 g/mol. The molecule has 0 spiro atoms. The van der Waals surface area contributed by atoms with Gasteiger partial charge in [0.25, 0.3) is 0 Å². The smallest absolute Gasteiger partial charge is 0.225 e. The summed E-state index contributed by atoms with van der Waals surface area (Å²) < 4.78 is 0. The van der Waals surface area contributed by atoms with E-state index in [0.29, 0.717) is 6.54 Å². The van der Waals surface area contributed by atoms with E-state index in [9.17, 15) is 9.90 Å². The first-order valence-electron chi connectivity index (χ1n) is 4.68. The van der Waals surface area contributed by atoms with E-state index in [-0.39, 0.29) is 17.7 Å². The fourth-order valence-corrected chi connectivity index (χ4v) is 1.72. The maximum atomic E-state index is 11.5. The van der Waals surface area contributed by atoms with Gasteiger partial charge in [-0.1, -0.05) is 6.92 Å². The number of rotatable bonds is 3. The normalized spacial score (nSPS) is 26.2. The van der Waals surface area contributed by atoms with Gasteiger partial charge in [-0.25, -0.2) is 0 Å². The second kappa shape index (κ2) is 4.82. The molecular weight excluding hydrogens is 190 g/mol. The van der Waals surface area contributed by atoms with E-state index in [1.165, 1.54) is 0 Å². The summed E-state index contributed by atoms with van der Waals surface area (Å²) in [6, 6.07) is 0. The first-order valence-corrected chi connectivity index (χ1v) is 5.21. The molecule has 1 heterocycles. The molecule has 2 atom stereocenters. The molecule has 4 heteroatoms. The molecule has 1 N–H and O–H groups in total. The molecule has 0 saturated carbocycles. The molecule has 3 nitrogen and oxygen atoms in total. The van der Waals surface area contributed by atoms with Crippen LogP contribution < -0.4 is 0 Å². The predicted octanol–water partition coefficient (Wildman–Crippen LogP) is 0.845. The zero-order chi connectivity index (χ0) is 9.84. The second-order valence-corrected chi connectivity index (χ2v) is 3.94. The third-order valence-corrected chi connectivity index (χ3v) is 2.76. The first kappa shape index (κ1) is 10.8. The minimum absolute atomic E-state index is 0.108. The highest BCUT2D eigenvalue weighted by Crippen LogP contribution is 2.17. The largest absolute Gasteiger partial charge is 0.390 e. The number of carbonyl (C=O) groups is 1. The Morgan fingerprint density at radius 3 is 3.08 bits per heavy atom. The van der Waals surface area contributed by atoms with Gasteiger partial charge in [0.1, 0.15) is 0 Å². The molecule has 1 amide bonds. The third-order valence-electron chi connectivity index (χ3n) is 2.41. The lowest BCUT2D eigenvalue weighted by Gasteiger charge is -2.31. The Labute approximate surface area is 83.7 Å². The number of β-amino-alcohol motifs (C(OH)–C–C–N with tert-alkyl or cyclic N) is 1. The molecule has 76 valence electrons. The summed E-state index contributed by atoms with van der Waals surface area (Å²) in [6.07, 6.45) is 1.41. The van der Waals surface area contributed by atoms with Gasteiger partial charge in [0, 0.05) is 19.0 Å². The Kier molecular flexibility index (Phi) is 4.00. The first-order chi connectivity index (χ1) is 6.15. The number of alkyl halides is 1. The molecular formula is C9H16ClNO2. The maximum absolute atomic E-state index is 11.5. The molecule has 0 radical (unpaired) electrons. The van der Waals surface area contributed by atoms with Crippen LogP contribution in [0.25, 0.3) is 0 Å². The van der Waals surface area contributed by atoms with Crippen LogP contribution in [0.15, 0.2) is 0 Å². The van der Waals surface area contributed by atoms with E-state index in [0.717, 1.165) is 19.4 Å².